The number of aliphatic hydroxyl groups is 1. The summed E-state index contributed by atoms with van der Waals surface area (Å²) in [6, 6.07) is 36.7. The first kappa shape index (κ1) is 57.5. The van der Waals surface area contributed by atoms with Gasteiger partial charge in [-0.25, -0.2) is 9.97 Å². The molecule has 14 nitrogen and oxygen atoms in total. The van der Waals surface area contributed by atoms with Crippen LogP contribution < -0.4 is 16.4 Å². The molecule has 0 spiro atoms. The van der Waals surface area contributed by atoms with Gasteiger partial charge in [-0.15, -0.1) is 0 Å². The minimum atomic E-state index is -0.136. The average Bonchev–Trinajstić information content (AvgIpc) is 4.04. The predicted molar refractivity (Wildman–Crippen MR) is 252 cm³/mol. The van der Waals surface area contributed by atoms with Crippen molar-refractivity contribution < 1.29 is 29.0 Å². The molecule has 0 saturated carbocycles. The summed E-state index contributed by atoms with van der Waals surface area (Å²) in [5, 5.41) is 12.1. The number of aromatic nitrogens is 4. The molecule has 14 heteroatoms. The van der Waals surface area contributed by atoms with Gasteiger partial charge in [-0.05, 0) is 61.4 Å². The highest BCUT2D eigenvalue weighted by molar-refractivity contribution is 5.71. The number of carbonyl (C=O) groups is 4. The Labute approximate surface area is 368 Å². The van der Waals surface area contributed by atoms with Gasteiger partial charge in [-0.1, -0.05) is 123 Å². The number of nitrogens with one attached hydrogen (secondary N) is 4. The van der Waals surface area contributed by atoms with Crippen molar-refractivity contribution in [2.45, 2.75) is 45.7 Å². The lowest BCUT2D eigenvalue weighted by Crippen LogP contribution is -2.22. The number of methoxy groups -OCH3 is 1. The zero-order chi connectivity index (χ0) is 47.1. The van der Waals surface area contributed by atoms with Crippen LogP contribution in [0.4, 0.5) is 0 Å². The fourth-order valence-corrected chi connectivity index (χ4v) is 5.18. The summed E-state index contributed by atoms with van der Waals surface area (Å²) in [7, 11) is 11.4. The van der Waals surface area contributed by atoms with Gasteiger partial charge in [0.05, 0.1) is 35.9 Å². The number of rotatable bonds is 13. The number of nitrogens with zero attached hydrogens (tertiary/aromatic N) is 3. The van der Waals surface area contributed by atoms with Crippen molar-refractivity contribution in [3.05, 3.63) is 144 Å². The summed E-state index contributed by atoms with van der Waals surface area (Å²) in [6.07, 6.45) is 7.13. The molecular formula is C48H68N8O6. The van der Waals surface area contributed by atoms with Crippen LogP contribution in [0, 0.1) is 0 Å². The zero-order valence-electron chi connectivity index (χ0n) is 38.0. The number of nitrogens with two attached hydrogens (primary N) is 1. The third-order valence-corrected chi connectivity index (χ3v) is 8.27. The van der Waals surface area contributed by atoms with E-state index in [9.17, 15) is 9.59 Å². The Hall–Kier alpha value is -6.58. The summed E-state index contributed by atoms with van der Waals surface area (Å²) >= 11 is 0. The molecule has 0 aliphatic heterocycles. The number of hydrogen-bond donors (Lipinski definition) is 6. The monoisotopic (exact) mass is 853 g/mol. The van der Waals surface area contributed by atoms with Crippen molar-refractivity contribution in [2.24, 2.45) is 5.73 Å². The van der Waals surface area contributed by atoms with Crippen LogP contribution in [0.1, 0.15) is 55.6 Å². The number of aliphatic hydroxyl groups excluding tert-OH is 1. The number of hydrogen-bond acceptors (Lipinski definition) is 10. The Morgan fingerprint density at radius 2 is 1.15 bits per heavy atom. The topological polar surface area (TPSA) is 208 Å². The number of carbonyl (C=O) groups excluding carboxylic acids is 4. The smallest absolute Gasteiger partial charge is 0.207 e. The van der Waals surface area contributed by atoms with E-state index in [1.165, 1.54) is 7.05 Å². The van der Waals surface area contributed by atoms with Gasteiger partial charge in [0.1, 0.15) is 24.7 Å². The number of imidazole rings is 2. The lowest BCUT2D eigenvalue weighted by Gasteiger charge is -2.16. The Kier molecular flexibility index (Phi) is 34.7. The molecular weight excluding hydrogens is 785 g/mol. The first-order valence-corrected chi connectivity index (χ1v) is 19.8. The number of aldehydes is 1. The molecule has 2 atom stereocenters. The molecule has 0 saturated heterocycles. The Balaban J connectivity index is 0. The van der Waals surface area contributed by atoms with Crippen LogP contribution in [0.25, 0.3) is 33.6 Å². The van der Waals surface area contributed by atoms with E-state index in [0.717, 1.165) is 76.2 Å². The fraction of sp³-hybridized carbons (Fsp3) is 0.292. The molecule has 0 bridgehead atoms. The second-order valence-corrected chi connectivity index (χ2v) is 12.3. The molecule has 2 heterocycles. The van der Waals surface area contributed by atoms with Crippen LogP contribution in [0.2, 0.25) is 0 Å². The van der Waals surface area contributed by atoms with Crippen molar-refractivity contribution in [1.29, 1.82) is 0 Å². The van der Waals surface area contributed by atoms with Crippen LogP contribution in [0.15, 0.2) is 122 Å². The molecule has 6 aromatic rings. The maximum Gasteiger partial charge on any atom is 0.207 e. The third kappa shape index (κ3) is 21.6. The van der Waals surface area contributed by atoms with E-state index in [4.69, 9.17) is 14.7 Å². The number of benzene rings is 4. The average molecular weight is 853 g/mol. The molecule has 7 N–H and O–H groups in total. The van der Waals surface area contributed by atoms with Gasteiger partial charge < -0.3 is 45.8 Å². The minimum Gasteiger partial charge on any atom is -0.400 e. The SMILES string of the molecule is C=O.CC.CN.CNC=O.CO.COC.C[C@@H](c1ncc(-c2ccc(-c3ccc(-c4cnc(C[C@H](NC=O)c5ccccc5)[nH]4)cc3)cc2)[nH]1)N(C)C.O=CCc1ccccc1. The number of H-pyrrole nitrogens is 2. The Morgan fingerprint density at radius 3 is 1.56 bits per heavy atom. The second-order valence-electron chi connectivity index (χ2n) is 12.3. The molecule has 0 aliphatic rings. The van der Waals surface area contributed by atoms with E-state index >= 15 is 0 Å². The molecule has 2 aromatic heterocycles. The van der Waals surface area contributed by atoms with Crippen molar-refractivity contribution in [3.8, 4) is 33.6 Å². The summed E-state index contributed by atoms with van der Waals surface area (Å²) in [4.78, 5) is 56.3. The van der Waals surface area contributed by atoms with Crippen molar-refractivity contribution in [3.63, 3.8) is 0 Å². The number of aromatic amines is 2. The van der Waals surface area contributed by atoms with Gasteiger partial charge >= 0.3 is 0 Å². The first-order valence-electron chi connectivity index (χ1n) is 19.8. The van der Waals surface area contributed by atoms with E-state index in [1.54, 1.807) is 21.3 Å². The quantitative estimate of drug-likeness (QED) is 0.0665. The molecule has 4 aromatic carbocycles. The molecule has 0 unspecified atom stereocenters. The van der Waals surface area contributed by atoms with Crippen molar-refractivity contribution in [2.75, 3.05) is 49.5 Å². The Bertz CT molecular complexity index is 1950. The van der Waals surface area contributed by atoms with Crippen molar-refractivity contribution in [1.82, 2.24) is 35.5 Å². The van der Waals surface area contributed by atoms with Gasteiger partial charge in [0.25, 0.3) is 0 Å². The number of ether oxygens (including phenoxy) is 1. The normalized spacial score (nSPS) is 10.1. The molecule has 6 rings (SSSR count). The van der Waals surface area contributed by atoms with Gasteiger partial charge in [-0.3, -0.25) is 14.5 Å². The number of amides is 2. The summed E-state index contributed by atoms with van der Waals surface area (Å²) in [5.41, 5.74) is 13.0. The summed E-state index contributed by atoms with van der Waals surface area (Å²) in [6.45, 7) is 8.13. The maximum atomic E-state index is 11.1. The summed E-state index contributed by atoms with van der Waals surface area (Å²) in [5.74, 6) is 1.78. The third-order valence-electron chi connectivity index (χ3n) is 8.27. The van der Waals surface area contributed by atoms with Crippen LogP contribution in [0.5, 0.6) is 0 Å². The molecule has 0 aliphatic carbocycles. The van der Waals surface area contributed by atoms with Crippen LogP contribution >= 0.6 is 0 Å². The maximum absolute atomic E-state index is 11.1. The van der Waals surface area contributed by atoms with E-state index in [0.29, 0.717) is 19.3 Å². The van der Waals surface area contributed by atoms with E-state index in [1.807, 2.05) is 108 Å². The standard InChI is InChI=1S/C31H32N6O.C8H8O.C2H5NO.C2H6O.C2H6.CH5N.CH4O.CH2O/c1-21(37(2)3)31-33-19-29(36-31)26-15-11-23(12-16-26)22-9-13-25(14-10-22)28-18-32-30(35-28)17-27(34-20-38)24-7-5-4-6-8-24;9-7-6-8-4-2-1-3-5-8;1-3-2-4;1-3-2;4*1-2/h4-16,18-21,27H,17H2,1-3H3,(H,32,35)(H,33,36)(H,34,38);1-5,7H,6H2;2H,1H3,(H,3,4);1-2H3;1-2H3;2H2,1H3;2H,1H3;1H2/t21-,27-;;;;;;;/m0......./s1. The van der Waals surface area contributed by atoms with Crippen molar-refractivity contribution >= 4 is 25.9 Å². The Morgan fingerprint density at radius 1 is 0.726 bits per heavy atom. The van der Waals surface area contributed by atoms with Gasteiger partial charge in [-0.2, -0.15) is 0 Å². The largest absolute Gasteiger partial charge is 0.400 e. The molecule has 0 radical (unpaired) electrons. The highest BCUT2D eigenvalue weighted by Gasteiger charge is 2.15. The summed E-state index contributed by atoms with van der Waals surface area (Å²) < 4.78 is 4.25. The highest BCUT2D eigenvalue weighted by atomic mass is 16.4. The molecule has 336 valence electrons. The van der Waals surface area contributed by atoms with E-state index in [-0.39, 0.29) is 12.1 Å². The first-order chi connectivity index (χ1) is 30.3. The fourth-order valence-electron chi connectivity index (χ4n) is 5.18. The van der Waals surface area contributed by atoms with E-state index in [2.05, 4.69) is 101 Å². The van der Waals surface area contributed by atoms with Crippen LogP contribution in [-0.4, -0.2) is 105 Å². The van der Waals surface area contributed by atoms with Crippen LogP contribution in [-0.2, 0) is 36.8 Å². The molecule has 0 fully saturated rings. The van der Waals surface area contributed by atoms with Crippen LogP contribution in [0.3, 0.4) is 0 Å². The predicted octanol–water partition coefficient (Wildman–Crippen LogP) is 6.86. The highest BCUT2D eigenvalue weighted by Crippen LogP contribution is 2.28. The van der Waals surface area contributed by atoms with Gasteiger partial charge in [0.15, 0.2) is 0 Å². The van der Waals surface area contributed by atoms with E-state index < -0.39 is 0 Å². The zero-order valence-corrected chi connectivity index (χ0v) is 38.0. The molecule has 62 heavy (non-hydrogen) atoms. The molecule has 2 amide bonds. The lowest BCUT2D eigenvalue weighted by molar-refractivity contribution is -0.110. The van der Waals surface area contributed by atoms with Gasteiger partial charge in [0, 0.05) is 41.2 Å². The van der Waals surface area contributed by atoms with Gasteiger partial charge in [0.2, 0.25) is 12.8 Å². The second kappa shape index (κ2) is 37.4. The minimum absolute atomic E-state index is 0.136. The lowest BCUT2D eigenvalue weighted by atomic mass is 10.0.